The van der Waals surface area contributed by atoms with E-state index in [0.29, 0.717) is 6.54 Å². The highest BCUT2D eigenvalue weighted by atomic mass is 16.5. The fraction of sp³-hybridized carbons (Fsp3) is 0.312. The lowest BCUT2D eigenvalue weighted by Crippen LogP contribution is -2.10. The molecule has 0 radical (unpaired) electrons. The Hall–Kier alpha value is -2.23. The Labute approximate surface area is 120 Å². The van der Waals surface area contributed by atoms with E-state index >= 15 is 0 Å². The summed E-state index contributed by atoms with van der Waals surface area (Å²) in [6.07, 6.45) is 6.70. The lowest BCUT2D eigenvalue weighted by molar-refractivity contribution is 0.217. The van der Waals surface area contributed by atoms with Crippen molar-refractivity contribution in [1.82, 2.24) is 9.55 Å². The second-order valence-electron chi connectivity index (χ2n) is 4.62. The molecular weight excluding hydrogens is 250 g/mol. The Balaban J connectivity index is 2.22. The first-order chi connectivity index (χ1) is 9.74. The summed E-state index contributed by atoms with van der Waals surface area (Å²) >= 11 is 0. The first kappa shape index (κ1) is 14.2. The van der Waals surface area contributed by atoms with Crippen molar-refractivity contribution in [2.45, 2.75) is 26.4 Å². The number of ether oxygens (including phenoxy) is 1. The monoisotopic (exact) mass is 271 g/mol. The van der Waals surface area contributed by atoms with Crippen molar-refractivity contribution in [3.05, 3.63) is 49.3 Å². The van der Waals surface area contributed by atoms with Crippen LogP contribution in [0.15, 0.2) is 49.3 Å². The van der Waals surface area contributed by atoms with Crippen LogP contribution < -0.4 is 10.1 Å². The van der Waals surface area contributed by atoms with Gasteiger partial charge in [0.2, 0.25) is 5.95 Å². The zero-order valence-corrected chi connectivity index (χ0v) is 12.0. The number of nitrogens with one attached hydrogen (secondary N) is 1. The van der Waals surface area contributed by atoms with Crippen molar-refractivity contribution >= 4 is 5.95 Å². The average Bonchev–Trinajstić information content (AvgIpc) is 2.93. The third-order valence-corrected chi connectivity index (χ3v) is 3.05. The average molecular weight is 271 g/mol. The van der Waals surface area contributed by atoms with Crippen LogP contribution in [-0.4, -0.2) is 22.2 Å². The van der Waals surface area contributed by atoms with Crippen molar-refractivity contribution in [2.24, 2.45) is 0 Å². The maximum absolute atomic E-state index is 5.85. The van der Waals surface area contributed by atoms with Gasteiger partial charge in [0, 0.05) is 25.0 Å². The molecule has 4 heteroatoms. The van der Waals surface area contributed by atoms with Gasteiger partial charge in [0.15, 0.2) is 0 Å². The Morgan fingerprint density at radius 2 is 2.35 bits per heavy atom. The standard InChI is InChI=1S/C16H21N3O/c1-4-9-17-16-18-10-11-19(16)14-7-6-8-15(12-14)20-13(3)5-2/h4,6-8,10-13H,1,5,9H2,2-3H3,(H,17,18). The number of rotatable bonds is 7. The number of imidazole rings is 1. The van der Waals surface area contributed by atoms with Gasteiger partial charge in [-0.05, 0) is 25.5 Å². The first-order valence-corrected chi connectivity index (χ1v) is 6.89. The summed E-state index contributed by atoms with van der Waals surface area (Å²) in [5.74, 6) is 1.67. The van der Waals surface area contributed by atoms with Gasteiger partial charge in [0.25, 0.3) is 0 Å². The van der Waals surface area contributed by atoms with Gasteiger partial charge in [0.1, 0.15) is 5.75 Å². The molecule has 0 aliphatic rings. The Bertz CT molecular complexity index is 562. The van der Waals surface area contributed by atoms with Crippen LogP contribution in [0.25, 0.3) is 5.69 Å². The summed E-state index contributed by atoms with van der Waals surface area (Å²) in [5.41, 5.74) is 1.02. The van der Waals surface area contributed by atoms with Crippen molar-refractivity contribution < 1.29 is 4.74 Å². The van der Waals surface area contributed by atoms with Crippen molar-refractivity contribution in [1.29, 1.82) is 0 Å². The van der Waals surface area contributed by atoms with Crippen LogP contribution >= 0.6 is 0 Å². The van der Waals surface area contributed by atoms with Crippen LogP contribution in [0.2, 0.25) is 0 Å². The Morgan fingerprint density at radius 3 is 3.10 bits per heavy atom. The van der Waals surface area contributed by atoms with Crippen LogP contribution in [0, 0.1) is 0 Å². The van der Waals surface area contributed by atoms with Crippen LogP contribution in [0.4, 0.5) is 5.95 Å². The van der Waals surface area contributed by atoms with E-state index in [1.807, 2.05) is 41.1 Å². The maximum atomic E-state index is 5.85. The summed E-state index contributed by atoms with van der Waals surface area (Å²) in [6.45, 7) is 8.56. The summed E-state index contributed by atoms with van der Waals surface area (Å²) in [6, 6.07) is 8.02. The van der Waals surface area contributed by atoms with Gasteiger partial charge in [-0.15, -0.1) is 6.58 Å². The number of nitrogens with zero attached hydrogens (tertiary/aromatic N) is 2. The molecule has 0 spiro atoms. The highest BCUT2D eigenvalue weighted by Gasteiger charge is 2.06. The zero-order valence-electron chi connectivity index (χ0n) is 12.0. The van der Waals surface area contributed by atoms with E-state index in [9.17, 15) is 0 Å². The van der Waals surface area contributed by atoms with Crippen molar-refractivity contribution in [3.63, 3.8) is 0 Å². The third-order valence-electron chi connectivity index (χ3n) is 3.05. The van der Waals surface area contributed by atoms with Gasteiger partial charge in [-0.1, -0.05) is 19.1 Å². The van der Waals surface area contributed by atoms with Gasteiger partial charge in [-0.3, -0.25) is 4.57 Å². The molecule has 106 valence electrons. The van der Waals surface area contributed by atoms with Gasteiger partial charge in [0.05, 0.1) is 11.8 Å². The molecule has 1 unspecified atom stereocenters. The van der Waals surface area contributed by atoms with Crippen LogP contribution in [0.1, 0.15) is 20.3 Å². The number of hydrogen-bond acceptors (Lipinski definition) is 3. The SMILES string of the molecule is C=CCNc1nccn1-c1cccc(OC(C)CC)c1. The second kappa shape index (κ2) is 6.80. The van der Waals surface area contributed by atoms with Crippen molar-refractivity contribution in [2.75, 3.05) is 11.9 Å². The van der Waals surface area contributed by atoms with Gasteiger partial charge in [-0.2, -0.15) is 0 Å². The van der Waals surface area contributed by atoms with Crippen molar-refractivity contribution in [3.8, 4) is 11.4 Å². The number of benzene rings is 1. The molecule has 0 amide bonds. The highest BCUT2D eigenvalue weighted by Crippen LogP contribution is 2.21. The Kier molecular flexibility index (Phi) is 4.82. The largest absolute Gasteiger partial charge is 0.491 e. The molecule has 1 heterocycles. The molecular formula is C16H21N3O. The quantitative estimate of drug-likeness (QED) is 0.781. The fourth-order valence-electron chi connectivity index (χ4n) is 1.83. The molecule has 0 saturated heterocycles. The molecule has 20 heavy (non-hydrogen) atoms. The molecule has 0 saturated carbocycles. The number of anilines is 1. The van der Waals surface area contributed by atoms with E-state index in [-0.39, 0.29) is 6.10 Å². The molecule has 4 nitrogen and oxygen atoms in total. The molecule has 2 rings (SSSR count). The molecule has 1 N–H and O–H groups in total. The van der Waals surface area contributed by atoms with E-state index in [2.05, 4.69) is 30.7 Å². The lowest BCUT2D eigenvalue weighted by Gasteiger charge is -2.14. The van der Waals surface area contributed by atoms with Gasteiger partial charge < -0.3 is 10.1 Å². The van der Waals surface area contributed by atoms with E-state index < -0.39 is 0 Å². The molecule has 1 aromatic heterocycles. The fourth-order valence-corrected chi connectivity index (χ4v) is 1.83. The molecule has 0 bridgehead atoms. The van der Waals surface area contributed by atoms with E-state index in [1.165, 1.54) is 0 Å². The third kappa shape index (κ3) is 3.41. The number of aromatic nitrogens is 2. The Morgan fingerprint density at radius 1 is 1.50 bits per heavy atom. The van der Waals surface area contributed by atoms with Gasteiger partial charge >= 0.3 is 0 Å². The minimum absolute atomic E-state index is 0.214. The van der Waals surface area contributed by atoms with Crippen LogP contribution in [0.3, 0.4) is 0 Å². The van der Waals surface area contributed by atoms with Crippen LogP contribution in [0.5, 0.6) is 5.75 Å². The highest BCUT2D eigenvalue weighted by molar-refractivity contribution is 5.45. The smallest absolute Gasteiger partial charge is 0.207 e. The second-order valence-corrected chi connectivity index (χ2v) is 4.62. The van der Waals surface area contributed by atoms with E-state index in [0.717, 1.165) is 23.8 Å². The number of hydrogen-bond donors (Lipinski definition) is 1. The van der Waals surface area contributed by atoms with Gasteiger partial charge in [-0.25, -0.2) is 4.98 Å². The lowest BCUT2D eigenvalue weighted by atomic mass is 10.2. The summed E-state index contributed by atoms with van der Waals surface area (Å²) in [4.78, 5) is 4.30. The summed E-state index contributed by atoms with van der Waals surface area (Å²) in [5, 5.41) is 3.21. The normalized spacial score (nSPS) is 11.9. The molecule has 0 fully saturated rings. The molecule has 2 aromatic rings. The first-order valence-electron chi connectivity index (χ1n) is 6.89. The minimum atomic E-state index is 0.214. The minimum Gasteiger partial charge on any atom is -0.491 e. The molecule has 0 aliphatic carbocycles. The van der Waals surface area contributed by atoms with Crippen LogP contribution in [-0.2, 0) is 0 Å². The molecule has 1 atom stereocenters. The predicted molar refractivity (Wildman–Crippen MR) is 82.6 cm³/mol. The molecule has 0 aliphatic heterocycles. The molecule has 1 aromatic carbocycles. The zero-order chi connectivity index (χ0) is 14.4. The topological polar surface area (TPSA) is 39.1 Å². The summed E-state index contributed by atoms with van der Waals surface area (Å²) in [7, 11) is 0. The predicted octanol–water partition coefficient (Wildman–Crippen LogP) is 3.65. The maximum Gasteiger partial charge on any atom is 0.207 e. The summed E-state index contributed by atoms with van der Waals surface area (Å²) < 4.78 is 7.85. The van der Waals surface area contributed by atoms with E-state index in [1.54, 1.807) is 6.20 Å². The van der Waals surface area contributed by atoms with E-state index in [4.69, 9.17) is 4.74 Å².